The number of nitrogens with one attached hydrogen (secondary N) is 1. The lowest BCUT2D eigenvalue weighted by Gasteiger charge is -2.14. The second-order valence-electron chi connectivity index (χ2n) is 5.30. The number of fused-ring (bicyclic) bond motifs is 1. The first-order valence-electron chi connectivity index (χ1n) is 6.97. The van der Waals surface area contributed by atoms with Crippen molar-refractivity contribution in [1.29, 1.82) is 0 Å². The highest BCUT2D eigenvalue weighted by Crippen LogP contribution is 2.22. The quantitative estimate of drug-likeness (QED) is 0.766. The van der Waals surface area contributed by atoms with E-state index in [1.165, 1.54) is 16.1 Å². The molecule has 0 aliphatic heterocycles. The van der Waals surface area contributed by atoms with Crippen LogP contribution in [0.2, 0.25) is 5.02 Å². The molecule has 1 atom stereocenters. The van der Waals surface area contributed by atoms with Gasteiger partial charge in [0.2, 0.25) is 0 Å². The van der Waals surface area contributed by atoms with Crippen molar-refractivity contribution in [3.8, 4) is 0 Å². The average Bonchev–Trinajstić information content (AvgIpc) is 2.91. The third kappa shape index (κ3) is 2.98. The molecule has 2 heterocycles. The van der Waals surface area contributed by atoms with E-state index in [1.54, 1.807) is 11.3 Å². The van der Waals surface area contributed by atoms with Crippen LogP contribution in [0, 0.1) is 13.8 Å². The minimum Gasteiger partial charge on any atom is -0.305 e. The normalized spacial score (nSPS) is 13.0. The highest BCUT2D eigenvalue weighted by atomic mass is 35.5. The van der Waals surface area contributed by atoms with Gasteiger partial charge in [-0.05, 0) is 38.5 Å². The molecule has 3 aromatic rings. The summed E-state index contributed by atoms with van der Waals surface area (Å²) in [6.07, 6.45) is 2.15. The van der Waals surface area contributed by atoms with Crippen LogP contribution < -0.4 is 5.32 Å². The number of halogens is 1. The molecule has 0 fully saturated rings. The van der Waals surface area contributed by atoms with Crippen LogP contribution in [0.25, 0.3) is 4.96 Å². The third-order valence-electron chi connectivity index (χ3n) is 3.67. The number of aryl methyl sites for hydroxylation is 2. The molecule has 3 nitrogen and oxygen atoms in total. The standard InChI is InChI=1S/C16H18ClN3S/c1-10-9-20-15(12(3)19-16(20)21-10)8-18-11(2)13-5-4-6-14(17)7-13/h4-7,9,11,18H,8H2,1-3H3/t11-/m1/s1. The van der Waals surface area contributed by atoms with E-state index in [1.807, 2.05) is 18.2 Å². The van der Waals surface area contributed by atoms with Gasteiger partial charge in [-0.3, -0.25) is 4.40 Å². The molecule has 0 aliphatic carbocycles. The van der Waals surface area contributed by atoms with Gasteiger partial charge in [-0.2, -0.15) is 0 Å². The Morgan fingerprint density at radius 2 is 2.19 bits per heavy atom. The maximum absolute atomic E-state index is 6.05. The molecule has 110 valence electrons. The Balaban J connectivity index is 1.78. The summed E-state index contributed by atoms with van der Waals surface area (Å²) in [4.78, 5) is 6.97. The molecule has 0 bridgehead atoms. The molecule has 0 aliphatic rings. The first-order valence-corrected chi connectivity index (χ1v) is 8.17. The highest BCUT2D eigenvalue weighted by molar-refractivity contribution is 7.17. The summed E-state index contributed by atoms with van der Waals surface area (Å²) in [5.41, 5.74) is 3.51. The van der Waals surface area contributed by atoms with E-state index in [0.29, 0.717) is 0 Å². The van der Waals surface area contributed by atoms with Crippen LogP contribution >= 0.6 is 22.9 Å². The van der Waals surface area contributed by atoms with Gasteiger partial charge in [-0.25, -0.2) is 4.98 Å². The number of aromatic nitrogens is 2. The van der Waals surface area contributed by atoms with Crippen LogP contribution in [0.1, 0.15) is 34.8 Å². The summed E-state index contributed by atoms with van der Waals surface area (Å²) in [5.74, 6) is 0. The summed E-state index contributed by atoms with van der Waals surface area (Å²) in [5, 5.41) is 4.33. The average molecular weight is 320 g/mol. The van der Waals surface area contributed by atoms with Crippen molar-refractivity contribution in [2.45, 2.75) is 33.4 Å². The number of imidazole rings is 1. The number of nitrogens with zero attached hydrogens (tertiary/aromatic N) is 2. The van der Waals surface area contributed by atoms with Gasteiger partial charge < -0.3 is 5.32 Å². The number of benzene rings is 1. The van der Waals surface area contributed by atoms with Gasteiger partial charge in [-0.15, -0.1) is 11.3 Å². The van der Waals surface area contributed by atoms with Crippen LogP contribution in [0.15, 0.2) is 30.5 Å². The molecule has 1 N–H and O–H groups in total. The number of hydrogen-bond acceptors (Lipinski definition) is 3. The number of hydrogen-bond donors (Lipinski definition) is 1. The van der Waals surface area contributed by atoms with Crippen molar-refractivity contribution in [2.75, 3.05) is 0 Å². The molecule has 3 rings (SSSR count). The molecule has 21 heavy (non-hydrogen) atoms. The molecular weight excluding hydrogens is 302 g/mol. The van der Waals surface area contributed by atoms with E-state index in [9.17, 15) is 0 Å². The molecule has 0 unspecified atom stereocenters. The van der Waals surface area contributed by atoms with Gasteiger partial charge >= 0.3 is 0 Å². The zero-order valence-electron chi connectivity index (χ0n) is 12.4. The van der Waals surface area contributed by atoms with Crippen molar-refractivity contribution in [3.05, 3.63) is 57.3 Å². The monoisotopic (exact) mass is 319 g/mol. The lowest BCUT2D eigenvalue weighted by molar-refractivity contribution is 0.564. The Labute approximate surface area is 133 Å². The van der Waals surface area contributed by atoms with Crippen molar-refractivity contribution in [2.24, 2.45) is 0 Å². The molecule has 0 saturated carbocycles. The minimum absolute atomic E-state index is 0.244. The summed E-state index contributed by atoms with van der Waals surface area (Å²) in [6.45, 7) is 7.12. The zero-order valence-corrected chi connectivity index (χ0v) is 13.9. The lowest BCUT2D eigenvalue weighted by atomic mass is 10.1. The first kappa shape index (κ1) is 14.6. The molecule has 0 radical (unpaired) electrons. The maximum atomic E-state index is 6.05. The first-order chi connectivity index (χ1) is 10.0. The van der Waals surface area contributed by atoms with E-state index in [2.05, 4.69) is 47.7 Å². The van der Waals surface area contributed by atoms with Crippen LogP contribution in [-0.2, 0) is 6.54 Å². The van der Waals surface area contributed by atoms with Crippen molar-refractivity contribution < 1.29 is 0 Å². The Morgan fingerprint density at radius 1 is 1.38 bits per heavy atom. The Kier molecular flexibility index (Phi) is 4.02. The minimum atomic E-state index is 0.244. The van der Waals surface area contributed by atoms with Crippen molar-refractivity contribution >= 4 is 27.9 Å². The molecule has 2 aromatic heterocycles. The number of rotatable bonds is 4. The van der Waals surface area contributed by atoms with Gasteiger partial charge in [0, 0.05) is 28.7 Å². The molecule has 0 spiro atoms. The van der Waals surface area contributed by atoms with Gasteiger partial charge in [0.15, 0.2) is 4.96 Å². The fourth-order valence-electron chi connectivity index (χ4n) is 2.47. The Morgan fingerprint density at radius 3 is 2.95 bits per heavy atom. The van der Waals surface area contributed by atoms with Crippen LogP contribution in [0.3, 0.4) is 0 Å². The summed E-state index contributed by atoms with van der Waals surface area (Å²) in [7, 11) is 0. The van der Waals surface area contributed by atoms with Crippen molar-refractivity contribution in [3.63, 3.8) is 0 Å². The summed E-state index contributed by atoms with van der Waals surface area (Å²) < 4.78 is 2.19. The van der Waals surface area contributed by atoms with Gasteiger partial charge in [0.1, 0.15) is 0 Å². The second kappa shape index (κ2) is 5.79. The molecule has 1 aromatic carbocycles. The largest absolute Gasteiger partial charge is 0.305 e. The highest BCUT2D eigenvalue weighted by Gasteiger charge is 2.12. The lowest BCUT2D eigenvalue weighted by Crippen LogP contribution is -2.19. The molecule has 0 saturated heterocycles. The Bertz CT molecular complexity index is 775. The topological polar surface area (TPSA) is 29.3 Å². The van der Waals surface area contributed by atoms with E-state index < -0.39 is 0 Å². The Hall–Kier alpha value is -1.36. The van der Waals surface area contributed by atoms with Crippen LogP contribution in [-0.4, -0.2) is 9.38 Å². The third-order valence-corrected chi connectivity index (χ3v) is 4.80. The molecule has 5 heteroatoms. The predicted molar refractivity (Wildman–Crippen MR) is 89.2 cm³/mol. The summed E-state index contributed by atoms with van der Waals surface area (Å²) >= 11 is 7.78. The van der Waals surface area contributed by atoms with E-state index in [4.69, 9.17) is 11.6 Å². The number of thiazole rings is 1. The smallest absolute Gasteiger partial charge is 0.194 e. The van der Waals surface area contributed by atoms with E-state index >= 15 is 0 Å². The van der Waals surface area contributed by atoms with Crippen molar-refractivity contribution in [1.82, 2.24) is 14.7 Å². The van der Waals surface area contributed by atoms with Gasteiger partial charge in [0.05, 0.1) is 11.4 Å². The van der Waals surface area contributed by atoms with Gasteiger partial charge in [-0.1, -0.05) is 23.7 Å². The maximum Gasteiger partial charge on any atom is 0.194 e. The van der Waals surface area contributed by atoms with Crippen LogP contribution in [0.5, 0.6) is 0 Å². The van der Waals surface area contributed by atoms with Crippen LogP contribution in [0.4, 0.5) is 0 Å². The zero-order chi connectivity index (χ0) is 15.0. The summed E-state index contributed by atoms with van der Waals surface area (Å²) in [6, 6.07) is 8.23. The SMILES string of the molecule is Cc1cn2c(CN[C@H](C)c3cccc(Cl)c3)c(C)nc2s1. The fourth-order valence-corrected chi connectivity index (χ4v) is 3.55. The van der Waals surface area contributed by atoms with Gasteiger partial charge in [0.25, 0.3) is 0 Å². The van der Waals surface area contributed by atoms with E-state index in [0.717, 1.165) is 22.2 Å². The fraction of sp³-hybridized carbons (Fsp3) is 0.312. The molecular formula is C16H18ClN3S. The van der Waals surface area contributed by atoms with E-state index in [-0.39, 0.29) is 6.04 Å². The molecule has 0 amide bonds. The second-order valence-corrected chi connectivity index (χ2v) is 6.95. The predicted octanol–water partition coefficient (Wildman–Crippen LogP) is 4.52.